The zero-order chi connectivity index (χ0) is 19.0. The van der Waals surface area contributed by atoms with E-state index in [2.05, 4.69) is 61.5 Å². The molecule has 0 heterocycles. The highest BCUT2D eigenvalue weighted by Gasteiger charge is 2.03. The molecule has 0 amide bonds. The first-order valence-corrected chi connectivity index (χ1v) is 10.8. The van der Waals surface area contributed by atoms with E-state index in [1.165, 1.54) is 74.5 Å². The van der Waals surface area contributed by atoms with Crippen molar-refractivity contribution in [1.29, 1.82) is 0 Å². The van der Waals surface area contributed by atoms with Crippen molar-refractivity contribution in [3.63, 3.8) is 0 Å². The molecule has 0 spiro atoms. The number of hydrogen-bond acceptors (Lipinski definition) is 3. The summed E-state index contributed by atoms with van der Waals surface area (Å²) in [6.45, 7) is 2.28. The SMILES string of the molecule is CCCCCCCCCCc1ccccc1-c1ccccc1.OP(O)O. The molecule has 0 aromatic heterocycles. The van der Waals surface area contributed by atoms with E-state index >= 15 is 0 Å². The summed E-state index contributed by atoms with van der Waals surface area (Å²) in [5.74, 6) is 0. The molecular formula is C22H33O3P. The fourth-order valence-electron chi connectivity index (χ4n) is 3.09. The van der Waals surface area contributed by atoms with Gasteiger partial charge in [-0.2, -0.15) is 0 Å². The molecule has 2 rings (SSSR count). The summed E-state index contributed by atoms with van der Waals surface area (Å²) < 4.78 is 0. The first kappa shape index (κ1) is 22.8. The predicted octanol–water partition coefficient (Wildman–Crippen LogP) is 6.23. The van der Waals surface area contributed by atoms with Crippen LogP contribution in [0.1, 0.15) is 63.9 Å². The van der Waals surface area contributed by atoms with Gasteiger partial charge in [-0.05, 0) is 29.5 Å². The summed E-state index contributed by atoms with van der Waals surface area (Å²) in [5, 5.41) is 0. The van der Waals surface area contributed by atoms with Crippen LogP contribution in [0.25, 0.3) is 11.1 Å². The Morgan fingerprint density at radius 3 is 1.77 bits per heavy atom. The number of rotatable bonds is 10. The molecule has 2 aromatic rings. The van der Waals surface area contributed by atoms with Crippen LogP contribution in [0.15, 0.2) is 54.6 Å². The zero-order valence-electron chi connectivity index (χ0n) is 15.8. The Labute approximate surface area is 159 Å². The average molecular weight is 376 g/mol. The first-order chi connectivity index (χ1) is 12.6. The molecule has 3 N–H and O–H groups in total. The van der Waals surface area contributed by atoms with Crippen LogP contribution < -0.4 is 0 Å². The molecule has 3 nitrogen and oxygen atoms in total. The van der Waals surface area contributed by atoms with Crippen LogP contribution in [0, 0.1) is 0 Å². The summed E-state index contributed by atoms with van der Waals surface area (Å²) >= 11 is 0. The fourth-order valence-corrected chi connectivity index (χ4v) is 3.09. The first-order valence-electron chi connectivity index (χ1n) is 9.65. The van der Waals surface area contributed by atoms with Gasteiger partial charge in [-0.1, -0.05) is 106 Å². The third-order valence-electron chi connectivity index (χ3n) is 4.40. The Kier molecular flexibility index (Phi) is 13.0. The Morgan fingerprint density at radius 2 is 1.15 bits per heavy atom. The summed E-state index contributed by atoms with van der Waals surface area (Å²) in [7, 11) is -2.62. The van der Waals surface area contributed by atoms with Crippen LogP contribution in [-0.4, -0.2) is 14.7 Å². The van der Waals surface area contributed by atoms with Gasteiger partial charge in [0.05, 0.1) is 0 Å². The average Bonchev–Trinajstić information content (AvgIpc) is 2.64. The Bertz CT molecular complexity index is 570. The topological polar surface area (TPSA) is 60.7 Å². The monoisotopic (exact) mass is 376 g/mol. The molecular weight excluding hydrogens is 343 g/mol. The lowest BCUT2D eigenvalue weighted by atomic mass is 9.95. The Morgan fingerprint density at radius 1 is 0.654 bits per heavy atom. The second-order valence-corrected chi connectivity index (χ2v) is 7.05. The van der Waals surface area contributed by atoms with Crippen molar-refractivity contribution < 1.29 is 14.7 Å². The maximum atomic E-state index is 7.23. The quantitative estimate of drug-likeness (QED) is 0.340. The number of hydrogen-bond donors (Lipinski definition) is 3. The smallest absolute Gasteiger partial charge is 0.324 e. The van der Waals surface area contributed by atoms with Crippen molar-refractivity contribution >= 4 is 8.60 Å². The van der Waals surface area contributed by atoms with E-state index in [9.17, 15) is 0 Å². The number of aryl methyl sites for hydroxylation is 1. The molecule has 26 heavy (non-hydrogen) atoms. The van der Waals surface area contributed by atoms with Gasteiger partial charge in [0.1, 0.15) is 0 Å². The maximum Gasteiger partial charge on any atom is 0.324 e. The Balaban J connectivity index is 0.000000765. The normalized spacial score (nSPS) is 10.5. The molecule has 0 unspecified atom stereocenters. The highest BCUT2D eigenvalue weighted by Crippen LogP contribution is 2.25. The third-order valence-corrected chi connectivity index (χ3v) is 4.40. The van der Waals surface area contributed by atoms with E-state index in [1.807, 2.05) is 0 Å². The minimum Gasteiger partial charge on any atom is -0.328 e. The fraction of sp³-hybridized carbons (Fsp3) is 0.455. The lowest BCUT2D eigenvalue weighted by Crippen LogP contribution is -1.91. The van der Waals surface area contributed by atoms with Crippen molar-refractivity contribution in [2.45, 2.75) is 64.7 Å². The summed E-state index contributed by atoms with van der Waals surface area (Å²) in [6, 6.07) is 19.7. The Hall–Kier alpha value is -1.25. The minimum atomic E-state index is -2.62. The van der Waals surface area contributed by atoms with Crippen molar-refractivity contribution in [3.05, 3.63) is 60.2 Å². The second kappa shape index (κ2) is 14.9. The van der Waals surface area contributed by atoms with Crippen LogP contribution >= 0.6 is 8.60 Å². The van der Waals surface area contributed by atoms with Crippen molar-refractivity contribution in [3.8, 4) is 11.1 Å². The van der Waals surface area contributed by atoms with Gasteiger partial charge < -0.3 is 14.7 Å². The molecule has 0 bridgehead atoms. The molecule has 0 radical (unpaired) electrons. The molecule has 4 heteroatoms. The van der Waals surface area contributed by atoms with E-state index < -0.39 is 8.60 Å². The lowest BCUT2D eigenvalue weighted by Gasteiger charge is -2.09. The van der Waals surface area contributed by atoms with Gasteiger partial charge in [0, 0.05) is 0 Å². The van der Waals surface area contributed by atoms with Gasteiger partial charge in [0.2, 0.25) is 0 Å². The van der Waals surface area contributed by atoms with Crippen molar-refractivity contribution in [2.75, 3.05) is 0 Å². The third kappa shape index (κ3) is 10.7. The maximum absolute atomic E-state index is 7.23. The molecule has 144 valence electrons. The summed E-state index contributed by atoms with van der Waals surface area (Å²) in [6.07, 6.45) is 12.3. The molecule has 0 aliphatic rings. The summed E-state index contributed by atoms with van der Waals surface area (Å²) in [5.41, 5.74) is 4.25. The predicted molar refractivity (Wildman–Crippen MR) is 112 cm³/mol. The van der Waals surface area contributed by atoms with Crippen LogP contribution in [-0.2, 0) is 6.42 Å². The molecule has 0 saturated heterocycles. The zero-order valence-corrected chi connectivity index (χ0v) is 16.7. The largest absolute Gasteiger partial charge is 0.328 e. The van der Waals surface area contributed by atoms with Gasteiger partial charge in [0.25, 0.3) is 0 Å². The van der Waals surface area contributed by atoms with E-state index in [-0.39, 0.29) is 0 Å². The van der Waals surface area contributed by atoms with Gasteiger partial charge in [-0.15, -0.1) is 0 Å². The van der Waals surface area contributed by atoms with Crippen LogP contribution in [0.3, 0.4) is 0 Å². The van der Waals surface area contributed by atoms with Gasteiger partial charge >= 0.3 is 8.60 Å². The van der Waals surface area contributed by atoms with Crippen molar-refractivity contribution in [2.24, 2.45) is 0 Å². The van der Waals surface area contributed by atoms with Crippen LogP contribution in [0.5, 0.6) is 0 Å². The molecule has 0 aliphatic carbocycles. The van der Waals surface area contributed by atoms with Crippen molar-refractivity contribution in [1.82, 2.24) is 0 Å². The molecule has 2 aromatic carbocycles. The van der Waals surface area contributed by atoms with E-state index in [0.29, 0.717) is 0 Å². The molecule has 0 atom stereocenters. The van der Waals surface area contributed by atoms with Crippen LogP contribution in [0.2, 0.25) is 0 Å². The number of unbranched alkanes of at least 4 members (excludes halogenated alkanes) is 7. The van der Waals surface area contributed by atoms with E-state index in [1.54, 1.807) is 0 Å². The highest BCUT2D eigenvalue weighted by atomic mass is 31.2. The van der Waals surface area contributed by atoms with Gasteiger partial charge in [-0.3, -0.25) is 0 Å². The van der Waals surface area contributed by atoms with Gasteiger partial charge in [-0.25, -0.2) is 0 Å². The summed E-state index contributed by atoms with van der Waals surface area (Å²) in [4.78, 5) is 21.7. The van der Waals surface area contributed by atoms with E-state index in [0.717, 1.165) is 0 Å². The van der Waals surface area contributed by atoms with Gasteiger partial charge in [0.15, 0.2) is 0 Å². The standard InChI is InChI=1S/C22H30.H3O3P/c1-2-3-4-5-6-7-8-10-15-21-18-13-14-19-22(21)20-16-11-9-12-17-20;1-4(2)3/h9,11-14,16-19H,2-8,10,15H2,1H3;1-3H. The van der Waals surface area contributed by atoms with E-state index in [4.69, 9.17) is 14.7 Å². The lowest BCUT2D eigenvalue weighted by molar-refractivity contribution is 0.368. The highest BCUT2D eigenvalue weighted by molar-refractivity contribution is 7.38. The molecule has 0 aliphatic heterocycles. The molecule has 0 fully saturated rings. The second-order valence-electron chi connectivity index (χ2n) is 6.52. The van der Waals surface area contributed by atoms with Crippen LogP contribution in [0.4, 0.5) is 0 Å². The number of benzene rings is 2. The minimum absolute atomic E-state index is 1.21. The molecule has 0 saturated carbocycles.